The van der Waals surface area contributed by atoms with Crippen LogP contribution in [0.25, 0.3) is 0 Å². The van der Waals surface area contributed by atoms with Gasteiger partial charge in [-0.15, -0.1) is 0 Å². The van der Waals surface area contributed by atoms with Crippen molar-refractivity contribution < 1.29 is 18.0 Å². The Balaban J connectivity index is 1.53. The number of rotatable bonds is 6. The molecule has 0 aliphatic heterocycles. The van der Waals surface area contributed by atoms with Gasteiger partial charge in [-0.05, 0) is 43.5 Å². The number of nitrogens with zero attached hydrogens (tertiary/aromatic N) is 2. The van der Waals surface area contributed by atoms with Crippen molar-refractivity contribution in [2.45, 2.75) is 37.9 Å². The summed E-state index contributed by atoms with van der Waals surface area (Å²) >= 11 is 11.7. The first-order valence-electron chi connectivity index (χ1n) is 8.39. The summed E-state index contributed by atoms with van der Waals surface area (Å²) in [6.07, 6.45) is -2.54. The molecule has 1 aliphatic carbocycles. The highest BCUT2D eigenvalue weighted by Crippen LogP contribution is 2.46. The van der Waals surface area contributed by atoms with Gasteiger partial charge in [0.15, 0.2) is 5.69 Å². The van der Waals surface area contributed by atoms with Crippen molar-refractivity contribution in [1.29, 1.82) is 0 Å². The van der Waals surface area contributed by atoms with Gasteiger partial charge >= 0.3 is 12.2 Å². The predicted octanol–water partition coefficient (Wildman–Crippen LogP) is 5.30. The molecule has 10 heteroatoms. The van der Waals surface area contributed by atoms with E-state index in [4.69, 9.17) is 23.2 Å². The van der Waals surface area contributed by atoms with Crippen LogP contribution in [0.4, 0.5) is 23.7 Å². The first-order chi connectivity index (χ1) is 12.8. The number of halogens is 5. The predicted molar refractivity (Wildman–Crippen MR) is 97.3 cm³/mol. The van der Waals surface area contributed by atoms with Gasteiger partial charge in [-0.3, -0.25) is 4.68 Å². The molecule has 2 amide bonds. The van der Waals surface area contributed by atoms with Gasteiger partial charge in [0.1, 0.15) is 0 Å². The number of carbonyl (C=O) groups excluding carboxylic acids is 1. The molecule has 0 bridgehead atoms. The summed E-state index contributed by atoms with van der Waals surface area (Å²) in [5.74, 6) is 0.0299. The number of hydrogen-bond donors (Lipinski definition) is 2. The minimum Gasteiger partial charge on any atom is -0.338 e. The summed E-state index contributed by atoms with van der Waals surface area (Å²) in [6.45, 7) is 0.519. The molecule has 0 unspecified atom stereocenters. The number of urea groups is 1. The highest BCUT2D eigenvalue weighted by atomic mass is 35.5. The molecule has 1 fully saturated rings. The van der Waals surface area contributed by atoms with Crippen LogP contribution in [-0.4, -0.2) is 22.4 Å². The van der Waals surface area contributed by atoms with Crippen LogP contribution in [0.5, 0.6) is 0 Å². The van der Waals surface area contributed by atoms with Gasteiger partial charge in [0.25, 0.3) is 0 Å². The lowest BCUT2D eigenvalue weighted by atomic mass is 10.2. The van der Waals surface area contributed by atoms with E-state index in [1.165, 1.54) is 4.68 Å². The van der Waals surface area contributed by atoms with Gasteiger partial charge in [-0.1, -0.05) is 23.2 Å². The largest absolute Gasteiger partial charge is 0.436 e. The fourth-order valence-corrected chi connectivity index (χ4v) is 3.21. The van der Waals surface area contributed by atoms with Crippen LogP contribution in [-0.2, 0) is 12.7 Å². The Labute approximate surface area is 163 Å². The lowest BCUT2D eigenvalue weighted by Crippen LogP contribution is -2.30. The van der Waals surface area contributed by atoms with Gasteiger partial charge in [-0.25, -0.2) is 4.79 Å². The third-order valence-electron chi connectivity index (χ3n) is 4.10. The number of aromatic nitrogens is 2. The van der Waals surface area contributed by atoms with Crippen molar-refractivity contribution in [2.24, 2.45) is 0 Å². The van der Waals surface area contributed by atoms with Crippen LogP contribution < -0.4 is 10.6 Å². The number of hydrogen-bond acceptors (Lipinski definition) is 2. The van der Waals surface area contributed by atoms with Crippen LogP contribution in [0.1, 0.15) is 36.6 Å². The van der Waals surface area contributed by atoms with E-state index in [2.05, 4.69) is 15.7 Å². The number of benzene rings is 1. The van der Waals surface area contributed by atoms with E-state index in [1.54, 1.807) is 24.3 Å². The molecule has 1 heterocycles. The number of nitrogens with one attached hydrogen (secondary N) is 2. The van der Waals surface area contributed by atoms with Crippen LogP contribution >= 0.6 is 23.2 Å². The van der Waals surface area contributed by atoms with Crippen molar-refractivity contribution >= 4 is 34.9 Å². The third kappa shape index (κ3) is 5.07. The molecule has 27 heavy (non-hydrogen) atoms. The quantitative estimate of drug-likeness (QED) is 0.623. The molecule has 5 nitrogen and oxygen atoms in total. The van der Waals surface area contributed by atoms with Crippen molar-refractivity contribution in [3.63, 3.8) is 0 Å². The average Bonchev–Trinajstić information content (AvgIpc) is 3.36. The fraction of sp³-hybridized carbons (Fsp3) is 0.412. The van der Waals surface area contributed by atoms with Gasteiger partial charge in [0.05, 0.1) is 10.7 Å². The minimum atomic E-state index is -4.58. The van der Waals surface area contributed by atoms with E-state index in [-0.39, 0.29) is 24.0 Å². The van der Waals surface area contributed by atoms with Crippen molar-refractivity contribution in [2.75, 3.05) is 11.9 Å². The summed E-state index contributed by atoms with van der Waals surface area (Å²) < 4.78 is 40.4. The number of alkyl halides is 3. The van der Waals surface area contributed by atoms with Crippen LogP contribution in [0.2, 0.25) is 10.0 Å². The summed E-state index contributed by atoms with van der Waals surface area (Å²) in [4.78, 5) is 11.8. The van der Waals surface area contributed by atoms with E-state index in [0.717, 1.165) is 12.8 Å². The Hall–Kier alpha value is -1.93. The van der Waals surface area contributed by atoms with E-state index in [0.29, 0.717) is 22.8 Å². The second-order valence-electron chi connectivity index (χ2n) is 6.28. The highest BCUT2D eigenvalue weighted by Gasteiger charge is 2.41. The summed E-state index contributed by atoms with van der Waals surface area (Å²) in [5, 5.41) is 9.20. The topological polar surface area (TPSA) is 59.0 Å². The highest BCUT2D eigenvalue weighted by molar-refractivity contribution is 6.32. The normalized spacial score (nSPS) is 14.3. The molecular weight excluding hydrogens is 404 g/mol. The smallest absolute Gasteiger partial charge is 0.338 e. The molecule has 3 rings (SSSR count). The molecule has 146 valence electrons. The first-order valence-corrected chi connectivity index (χ1v) is 9.15. The molecule has 1 aliphatic rings. The molecule has 1 aromatic heterocycles. The Kier molecular flexibility index (Phi) is 5.86. The SMILES string of the molecule is O=C(NCCCn1nc(C(F)(F)F)c(Cl)c1C1CC1)Nc1ccc(Cl)cc1. The van der Waals surface area contributed by atoms with Crippen molar-refractivity contribution in [3.8, 4) is 0 Å². The van der Waals surface area contributed by atoms with E-state index in [9.17, 15) is 18.0 Å². The zero-order valence-corrected chi connectivity index (χ0v) is 15.6. The molecule has 1 saturated carbocycles. The third-order valence-corrected chi connectivity index (χ3v) is 4.72. The van der Waals surface area contributed by atoms with Crippen LogP contribution in [0.15, 0.2) is 24.3 Å². The van der Waals surface area contributed by atoms with E-state index >= 15 is 0 Å². The Bertz CT molecular complexity index is 817. The van der Waals surface area contributed by atoms with Gasteiger partial charge in [-0.2, -0.15) is 18.3 Å². The molecular formula is C17H17Cl2F3N4O. The van der Waals surface area contributed by atoms with Gasteiger partial charge in [0.2, 0.25) is 0 Å². The van der Waals surface area contributed by atoms with E-state index in [1.807, 2.05) is 0 Å². The van der Waals surface area contributed by atoms with E-state index < -0.39 is 17.9 Å². The first kappa shape index (κ1) is 19.8. The number of amides is 2. The zero-order valence-electron chi connectivity index (χ0n) is 14.1. The number of anilines is 1. The zero-order chi connectivity index (χ0) is 19.6. The monoisotopic (exact) mass is 420 g/mol. The molecule has 2 aromatic rings. The maximum absolute atomic E-state index is 13.0. The van der Waals surface area contributed by atoms with Gasteiger partial charge in [0, 0.05) is 29.7 Å². The molecule has 0 radical (unpaired) electrons. The summed E-state index contributed by atoms with van der Waals surface area (Å²) in [7, 11) is 0. The lowest BCUT2D eigenvalue weighted by molar-refractivity contribution is -0.141. The summed E-state index contributed by atoms with van der Waals surface area (Å²) in [6, 6.07) is 6.21. The second-order valence-corrected chi connectivity index (χ2v) is 7.10. The summed E-state index contributed by atoms with van der Waals surface area (Å²) in [5.41, 5.74) is -0.0179. The molecule has 2 N–H and O–H groups in total. The van der Waals surface area contributed by atoms with Crippen molar-refractivity contribution in [1.82, 2.24) is 15.1 Å². The molecule has 0 spiro atoms. The Morgan fingerprint density at radius 3 is 2.48 bits per heavy atom. The van der Waals surface area contributed by atoms with Crippen molar-refractivity contribution in [3.05, 3.63) is 45.7 Å². The Morgan fingerprint density at radius 1 is 1.22 bits per heavy atom. The van der Waals surface area contributed by atoms with Gasteiger partial charge < -0.3 is 10.6 Å². The standard InChI is InChI=1S/C17H17Cl2F3N4O/c18-11-4-6-12(7-5-11)24-16(27)23-8-1-9-26-14(10-2-3-10)13(19)15(25-26)17(20,21)22/h4-7,10H,1-3,8-9H2,(H2,23,24,27). The van der Waals surface area contributed by atoms with Crippen LogP contribution in [0.3, 0.4) is 0 Å². The van der Waals surface area contributed by atoms with Crippen LogP contribution in [0, 0.1) is 0 Å². The molecule has 0 saturated heterocycles. The maximum atomic E-state index is 13.0. The molecule has 1 aromatic carbocycles. The molecule has 0 atom stereocenters. The average molecular weight is 421 g/mol. The second kappa shape index (κ2) is 7.98. The number of aryl methyl sites for hydroxylation is 1. The fourth-order valence-electron chi connectivity index (χ4n) is 2.69. The minimum absolute atomic E-state index is 0.0299. The maximum Gasteiger partial charge on any atom is 0.436 e. The Morgan fingerprint density at radius 2 is 1.89 bits per heavy atom. The lowest BCUT2D eigenvalue weighted by Gasteiger charge is -2.09. The number of carbonyl (C=O) groups is 1.